The van der Waals surface area contributed by atoms with E-state index >= 15 is 0 Å². The number of nitriles is 1. The van der Waals surface area contributed by atoms with Crippen LogP contribution < -0.4 is 10.5 Å². The van der Waals surface area contributed by atoms with Gasteiger partial charge < -0.3 is 15.2 Å². The van der Waals surface area contributed by atoms with Crippen LogP contribution in [-0.2, 0) is 9.53 Å². The maximum Gasteiger partial charge on any atom is 0.227 e. The zero-order chi connectivity index (χ0) is 24.7. The number of Topliss-reactive ketones (excluding diaryl/α,β-unsaturated/α-hetero) is 1. The highest BCUT2D eigenvalue weighted by Crippen LogP contribution is 2.51. The van der Waals surface area contributed by atoms with E-state index in [1.54, 1.807) is 4.68 Å². The molecule has 0 spiro atoms. The molecule has 2 aromatic carbocycles. The van der Waals surface area contributed by atoms with Gasteiger partial charge in [-0.3, -0.25) is 4.79 Å². The Hall–Kier alpha value is -4.31. The number of aromatic nitrogens is 2. The second-order valence-electron chi connectivity index (χ2n) is 9.67. The average molecular weight is 467 g/mol. The van der Waals surface area contributed by atoms with Crippen molar-refractivity contribution >= 4 is 5.78 Å². The maximum atomic E-state index is 13.5. The van der Waals surface area contributed by atoms with Gasteiger partial charge in [-0.15, -0.1) is 0 Å². The lowest BCUT2D eigenvalue weighted by Crippen LogP contribution is -2.33. The molecule has 1 atom stereocenters. The molecule has 0 saturated heterocycles. The Morgan fingerprint density at radius 2 is 1.77 bits per heavy atom. The smallest absolute Gasteiger partial charge is 0.227 e. The van der Waals surface area contributed by atoms with E-state index in [0.717, 1.165) is 5.69 Å². The summed E-state index contributed by atoms with van der Waals surface area (Å²) in [5, 5.41) is 14.9. The lowest BCUT2D eigenvalue weighted by Gasteiger charge is -2.37. The minimum absolute atomic E-state index is 0.0132. The predicted octanol–water partition coefficient (Wildman–Crippen LogP) is 5.42. The normalized spacial score (nSPS) is 19.1. The molecule has 176 valence electrons. The van der Waals surface area contributed by atoms with Crippen molar-refractivity contribution in [3.63, 3.8) is 0 Å². The average Bonchev–Trinajstić information content (AvgIpc) is 3.14. The molecule has 2 N–H and O–H groups in total. The molecule has 7 heteroatoms. The molecule has 35 heavy (non-hydrogen) atoms. The van der Waals surface area contributed by atoms with Crippen LogP contribution in [0.3, 0.4) is 0 Å². The Morgan fingerprint density at radius 3 is 2.43 bits per heavy atom. The molecule has 7 nitrogen and oxygen atoms in total. The van der Waals surface area contributed by atoms with Crippen LogP contribution in [0.15, 0.2) is 83.5 Å². The number of para-hydroxylation sites is 2. The van der Waals surface area contributed by atoms with Crippen molar-refractivity contribution in [3.05, 3.63) is 94.7 Å². The van der Waals surface area contributed by atoms with E-state index in [1.807, 2.05) is 81.4 Å². The Labute approximate surface area is 204 Å². The number of carbonyl (C=O) groups is 1. The molecule has 1 unspecified atom stereocenters. The first-order valence-electron chi connectivity index (χ1n) is 11.5. The first kappa shape index (κ1) is 22.5. The van der Waals surface area contributed by atoms with Crippen LogP contribution >= 0.6 is 0 Å². The van der Waals surface area contributed by atoms with Crippen molar-refractivity contribution in [2.75, 3.05) is 0 Å². The third-order valence-electron chi connectivity index (χ3n) is 6.39. The topological polar surface area (TPSA) is 103 Å². The number of benzene rings is 2. The van der Waals surface area contributed by atoms with Crippen LogP contribution in [0.5, 0.6) is 11.6 Å². The van der Waals surface area contributed by atoms with E-state index in [9.17, 15) is 10.1 Å². The molecule has 0 amide bonds. The molecule has 2 aliphatic rings. The van der Waals surface area contributed by atoms with Gasteiger partial charge in [-0.1, -0.05) is 50.2 Å². The van der Waals surface area contributed by atoms with E-state index in [-0.39, 0.29) is 22.7 Å². The largest absolute Gasteiger partial charge is 0.444 e. The quantitative estimate of drug-likeness (QED) is 0.550. The number of hydrogen-bond donors (Lipinski definition) is 1. The van der Waals surface area contributed by atoms with Gasteiger partial charge in [0.05, 0.1) is 22.9 Å². The monoisotopic (exact) mass is 466 g/mol. The minimum atomic E-state index is -0.733. The van der Waals surface area contributed by atoms with Crippen molar-refractivity contribution in [3.8, 4) is 23.4 Å². The Balaban J connectivity index is 1.77. The first-order valence-corrected chi connectivity index (χ1v) is 11.5. The number of nitrogens with two attached hydrogens (primary N) is 1. The Kier molecular flexibility index (Phi) is 5.45. The van der Waals surface area contributed by atoms with Crippen LogP contribution in [0, 0.1) is 23.7 Å². The van der Waals surface area contributed by atoms with Gasteiger partial charge >= 0.3 is 0 Å². The van der Waals surface area contributed by atoms with Gasteiger partial charge in [0.25, 0.3) is 0 Å². The number of aryl methyl sites for hydroxylation is 1. The van der Waals surface area contributed by atoms with Crippen LogP contribution in [0.2, 0.25) is 0 Å². The van der Waals surface area contributed by atoms with Crippen LogP contribution in [0.4, 0.5) is 0 Å². The van der Waals surface area contributed by atoms with E-state index in [2.05, 4.69) is 6.07 Å². The second kappa shape index (κ2) is 8.48. The Bertz CT molecular complexity index is 1410. The fraction of sp³-hybridized carbons (Fsp3) is 0.250. The van der Waals surface area contributed by atoms with Crippen LogP contribution in [0.1, 0.15) is 43.9 Å². The van der Waals surface area contributed by atoms with Gasteiger partial charge in [-0.25, -0.2) is 4.68 Å². The molecular formula is C28H26N4O3. The Morgan fingerprint density at radius 1 is 1.11 bits per heavy atom. The SMILES string of the molecule is Cc1nn(-c2ccccc2)c(Oc2ccccc2)c1C1C(C#N)=C(N)OC2=C1C(=O)CC(C)(C)C2. The number of nitrogens with zero attached hydrogens (tertiary/aromatic N) is 3. The number of carbonyl (C=O) groups excluding carboxylic acids is 1. The first-order chi connectivity index (χ1) is 16.8. The third kappa shape index (κ3) is 3.97. The van der Waals surface area contributed by atoms with Crippen molar-refractivity contribution in [1.82, 2.24) is 9.78 Å². The molecule has 2 heterocycles. The number of hydrogen-bond acceptors (Lipinski definition) is 6. The molecule has 1 aliphatic heterocycles. The van der Waals surface area contributed by atoms with E-state index in [4.69, 9.17) is 20.3 Å². The highest BCUT2D eigenvalue weighted by atomic mass is 16.5. The third-order valence-corrected chi connectivity index (χ3v) is 6.39. The lowest BCUT2D eigenvalue weighted by atomic mass is 9.70. The fourth-order valence-corrected chi connectivity index (χ4v) is 4.87. The second-order valence-corrected chi connectivity index (χ2v) is 9.67. The minimum Gasteiger partial charge on any atom is -0.444 e. The molecule has 0 bridgehead atoms. The van der Waals surface area contributed by atoms with E-state index in [1.165, 1.54) is 0 Å². The van der Waals surface area contributed by atoms with Gasteiger partial charge in [0.15, 0.2) is 5.78 Å². The fourth-order valence-electron chi connectivity index (χ4n) is 4.87. The molecule has 0 fully saturated rings. The maximum absolute atomic E-state index is 13.5. The number of allylic oxidation sites excluding steroid dienone is 3. The van der Waals surface area contributed by atoms with Gasteiger partial charge in [0, 0.05) is 18.4 Å². The summed E-state index contributed by atoms with van der Waals surface area (Å²) in [6.45, 7) is 5.90. The van der Waals surface area contributed by atoms with Crippen molar-refractivity contribution in [1.29, 1.82) is 5.26 Å². The summed E-state index contributed by atoms with van der Waals surface area (Å²) < 4.78 is 14.0. The zero-order valence-electron chi connectivity index (χ0n) is 19.9. The van der Waals surface area contributed by atoms with E-state index in [0.29, 0.717) is 47.1 Å². The van der Waals surface area contributed by atoms with Crippen molar-refractivity contribution < 1.29 is 14.3 Å². The summed E-state index contributed by atoms with van der Waals surface area (Å²) in [6.07, 6.45) is 0.899. The van der Waals surface area contributed by atoms with Crippen molar-refractivity contribution in [2.24, 2.45) is 11.1 Å². The standard InChI is InChI=1S/C28H26N4O3/c1-17-23(24-20(16-29)26(30)35-22-15-28(2,3)14-21(33)25(22)24)27(34-19-12-8-5-9-13-19)32(31-17)18-10-6-4-7-11-18/h4-13,24H,14-15,30H2,1-3H3. The zero-order valence-corrected chi connectivity index (χ0v) is 19.9. The van der Waals surface area contributed by atoms with Gasteiger partial charge in [0.1, 0.15) is 23.2 Å². The summed E-state index contributed by atoms with van der Waals surface area (Å²) in [7, 11) is 0. The molecule has 3 aromatic rings. The summed E-state index contributed by atoms with van der Waals surface area (Å²) in [6, 6.07) is 21.2. The molecule has 1 aliphatic carbocycles. The summed E-state index contributed by atoms with van der Waals surface area (Å²) in [4.78, 5) is 13.5. The lowest BCUT2D eigenvalue weighted by molar-refractivity contribution is -0.119. The van der Waals surface area contributed by atoms with E-state index < -0.39 is 5.92 Å². The van der Waals surface area contributed by atoms with Gasteiger partial charge in [-0.2, -0.15) is 10.4 Å². The molecular weight excluding hydrogens is 440 g/mol. The van der Waals surface area contributed by atoms with Crippen LogP contribution in [-0.4, -0.2) is 15.6 Å². The highest BCUT2D eigenvalue weighted by Gasteiger charge is 2.45. The highest BCUT2D eigenvalue weighted by molar-refractivity contribution is 6.00. The van der Waals surface area contributed by atoms with Gasteiger partial charge in [-0.05, 0) is 36.6 Å². The molecule has 5 rings (SSSR count). The van der Waals surface area contributed by atoms with Gasteiger partial charge in [0.2, 0.25) is 11.8 Å². The number of ketones is 1. The van der Waals surface area contributed by atoms with Crippen molar-refractivity contribution in [2.45, 2.75) is 39.5 Å². The van der Waals surface area contributed by atoms with Crippen LogP contribution in [0.25, 0.3) is 5.69 Å². The summed E-state index contributed by atoms with van der Waals surface area (Å²) in [5.41, 5.74) is 8.69. The molecule has 1 aromatic heterocycles. The number of ether oxygens (including phenoxy) is 2. The number of rotatable bonds is 4. The summed E-state index contributed by atoms with van der Waals surface area (Å²) >= 11 is 0. The molecule has 0 radical (unpaired) electrons. The predicted molar refractivity (Wildman–Crippen MR) is 131 cm³/mol. The summed E-state index contributed by atoms with van der Waals surface area (Å²) in [5.74, 6) is 0.780. The molecule has 0 saturated carbocycles.